The molecule has 2 aliphatic rings. The smallest absolute Gasteiger partial charge is 0.270 e. The number of rotatable bonds is 8. The fourth-order valence-corrected chi connectivity index (χ4v) is 6.65. The van der Waals surface area contributed by atoms with E-state index in [1.165, 1.54) is 17.3 Å². The lowest BCUT2D eigenvalue weighted by Gasteiger charge is -2.38. The molecule has 0 radical (unpaired) electrons. The van der Waals surface area contributed by atoms with Crippen molar-refractivity contribution in [3.63, 3.8) is 0 Å². The van der Waals surface area contributed by atoms with Crippen LogP contribution >= 0.6 is 24.0 Å². The first kappa shape index (κ1) is 28.8. The largest absolute Gasteiger partial charge is 0.355 e. The van der Waals surface area contributed by atoms with Crippen molar-refractivity contribution >= 4 is 46.1 Å². The lowest BCUT2D eigenvalue weighted by atomic mass is 10.0. The van der Waals surface area contributed by atoms with E-state index in [2.05, 4.69) is 40.1 Å². The Hall–Kier alpha value is -3.71. The minimum Gasteiger partial charge on any atom is -0.355 e. The monoisotopic (exact) mass is 583 g/mol. The van der Waals surface area contributed by atoms with Crippen LogP contribution in [0.15, 0.2) is 70.4 Å². The summed E-state index contributed by atoms with van der Waals surface area (Å²) >= 11 is 6.88. The maximum absolute atomic E-state index is 13.6. The predicted molar refractivity (Wildman–Crippen MR) is 170 cm³/mol. The minimum atomic E-state index is -0.276. The second-order valence-corrected chi connectivity index (χ2v) is 12.0. The van der Waals surface area contributed by atoms with Crippen LogP contribution in [0, 0.1) is 18.3 Å². The van der Waals surface area contributed by atoms with Crippen molar-refractivity contribution < 1.29 is 4.79 Å². The van der Waals surface area contributed by atoms with Crippen LogP contribution in [0.1, 0.15) is 41.2 Å². The van der Waals surface area contributed by atoms with Gasteiger partial charge in [0.15, 0.2) is 0 Å². The van der Waals surface area contributed by atoms with Crippen LogP contribution in [0.3, 0.4) is 0 Å². The molecule has 5 rings (SSSR count). The second-order valence-electron chi connectivity index (χ2n) is 10.3. The Kier molecular flexibility index (Phi) is 9.03. The molecule has 41 heavy (non-hydrogen) atoms. The van der Waals surface area contributed by atoms with E-state index in [9.17, 15) is 14.9 Å². The van der Waals surface area contributed by atoms with Crippen molar-refractivity contribution in [3.05, 3.63) is 104 Å². The molecule has 0 N–H and O–H groups in total. The van der Waals surface area contributed by atoms with Crippen molar-refractivity contribution in [2.24, 2.45) is 0 Å². The number of carbonyl (C=O) groups excluding carboxylic acids is 1. The zero-order valence-corrected chi connectivity index (χ0v) is 25.0. The fourth-order valence-electron chi connectivity index (χ4n) is 5.41. The number of thioether (sulfide) groups is 1. The Morgan fingerprint density at radius 3 is 2.15 bits per heavy atom. The quantitative estimate of drug-likeness (QED) is 0.268. The number of hydrogen-bond donors (Lipinski definition) is 0. The average Bonchev–Trinajstić information content (AvgIpc) is 3.25. The molecule has 1 amide bonds. The molecule has 210 valence electrons. The number of pyridine rings is 1. The fraction of sp³-hybridized carbons (Fsp3) is 0.312. The Labute approximate surface area is 250 Å². The summed E-state index contributed by atoms with van der Waals surface area (Å²) in [4.78, 5) is 33.9. The zero-order chi connectivity index (χ0) is 28.9. The number of aromatic nitrogens is 1. The summed E-state index contributed by atoms with van der Waals surface area (Å²) < 4.78 is 2.23. The van der Waals surface area contributed by atoms with E-state index in [-0.39, 0.29) is 17.0 Å². The van der Waals surface area contributed by atoms with Crippen LogP contribution in [-0.4, -0.2) is 50.8 Å². The number of nitriles is 1. The van der Waals surface area contributed by atoms with Crippen molar-refractivity contribution in [2.45, 2.75) is 39.9 Å². The molecule has 0 spiro atoms. The summed E-state index contributed by atoms with van der Waals surface area (Å²) in [7, 11) is 0. The Morgan fingerprint density at radius 1 is 0.951 bits per heavy atom. The van der Waals surface area contributed by atoms with Crippen LogP contribution in [0.2, 0.25) is 0 Å². The van der Waals surface area contributed by atoms with E-state index in [0.717, 1.165) is 56.1 Å². The van der Waals surface area contributed by atoms with Gasteiger partial charge >= 0.3 is 0 Å². The van der Waals surface area contributed by atoms with Crippen LogP contribution in [0.25, 0.3) is 6.08 Å². The first-order chi connectivity index (χ1) is 19.9. The summed E-state index contributed by atoms with van der Waals surface area (Å²) in [5.41, 5.74) is 3.46. The molecule has 2 aliphatic heterocycles. The van der Waals surface area contributed by atoms with E-state index in [1.807, 2.05) is 56.3 Å². The predicted octanol–water partition coefficient (Wildman–Crippen LogP) is 5.16. The maximum Gasteiger partial charge on any atom is 0.270 e. The molecule has 0 saturated carbocycles. The topological polar surface area (TPSA) is 72.6 Å². The molecule has 3 heterocycles. The van der Waals surface area contributed by atoms with Crippen molar-refractivity contribution in [1.82, 2.24) is 14.4 Å². The van der Waals surface area contributed by atoms with E-state index in [0.29, 0.717) is 27.9 Å². The summed E-state index contributed by atoms with van der Waals surface area (Å²) in [6, 6.07) is 22.3. The molecule has 7 nitrogen and oxygen atoms in total. The number of amides is 1. The van der Waals surface area contributed by atoms with Gasteiger partial charge in [0.2, 0.25) is 0 Å². The molecule has 2 fully saturated rings. The Bertz CT molecular complexity index is 1570. The van der Waals surface area contributed by atoms with Crippen LogP contribution in [0.4, 0.5) is 5.82 Å². The highest BCUT2D eigenvalue weighted by molar-refractivity contribution is 8.26. The highest BCUT2D eigenvalue weighted by Gasteiger charge is 2.33. The molecule has 0 unspecified atom stereocenters. The highest BCUT2D eigenvalue weighted by Crippen LogP contribution is 2.37. The normalized spacial score (nSPS) is 17.0. The van der Waals surface area contributed by atoms with Gasteiger partial charge in [-0.15, -0.1) is 0 Å². The van der Waals surface area contributed by atoms with Gasteiger partial charge in [0.25, 0.3) is 11.5 Å². The van der Waals surface area contributed by atoms with Gasteiger partial charge in [-0.1, -0.05) is 91.6 Å². The first-order valence-electron chi connectivity index (χ1n) is 13.9. The first-order valence-corrected chi connectivity index (χ1v) is 15.1. The van der Waals surface area contributed by atoms with Gasteiger partial charge in [0.1, 0.15) is 21.8 Å². The Morgan fingerprint density at radius 2 is 1.56 bits per heavy atom. The molecular formula is C32H33N5O2S2. The molecule has 2 aromatic carbocycles. The number of carbonyl (C=O) groups is 1. The summed E-state index contributed by atoms with van der Waals surface area (Å²) in [6.07, 6.45) is 2.59. The minimum absolute atomic E-state index is 0.121. The molecule has 0 bridgehead atoms. The van der Waals surface area contributed by atoms with Gasteiger partial charge in [0, 0.05) is 44.8 Å². The third-order valence-electron chi connectivity index (χ3n) is 7.55. The third-order valence-corrected chi connectivity index (χ3v) is 8.92. The molecule has 0 aliphatic carbocycles. The van der Waals surface area contributed by atoms with Gasteiger partial charge in [-0.05, 0) is 36.1 Å². The van der Waals surface area contributed by atoms with E-state index in [4.69, 9.17) is 12.2 Å². The van der Waals surface area contributed by atoms with Crippen LogP contribution in [-0.2, 0) is 24.4 Å². The number of hydrogen-bond acceptors (Lipinski definition) is 7. The van der Waals surface area contributed by atoms with Gasteiger partial charge in [-0.2, -0.15) is 5.26 Å². The molecule has 2 saturated heterocycles. The van der Waals surface area contributed by atoms with Crippen molar-refractivity contribution in [3.8, 4) is 6.07 Å². The van der Waals surface area contributed by atoms with E-state index >= 15 is 0 Å². The molecule has 0 atom stereocenters. The molecule has 1 aromatic heterocycles. The van der Waals surface area contributed by atoms with Crippen LogP contribution < -0.4 is 10.5 Å². The van der Waals surface area contributed by atoms with Crippen molar-refractivity contribution in [1.29, 1.82) is 5.26 Å². The highest BCUT2D eigenvalue weighted by atomic mass is 32.2. The number of piperazine rings is 1. The third kappa shape index (κ3) is 6.15. The van der Waals surface area contributed by atoms with Gasteiger partial charge < -0.3 is 4.90 Å². The molecule has 3 aromatic rings. The second kappa shape index (κ2) is 12.9. The number of thiocarbonyl (C=S) groups is 1. The number of anilines is 1. The number of benzene rings is 2. The maximum atomic E-state index is 13.6. The van der Waals surface area contributed by atoms with E-state index < -0.39 is 0 Å². The standard InChI is InChI=1S/C32H33N5O2S2/c1-3-14-36-29(35-17-15-34(16-18-35)21-24-10-6-4-7-11-24)26(23(2)27(20-33)30(36)38)19-28-31(39)37(32(40)41-28)22-25-12-8-5-9-13-25/h4-13,19H,3,14-18,21-22H2,1-2H3. The SMILES string of the molecule is CCCn1c(N2CCN(Cc3ccccc3)CC2)c(C=C2SC(=S)N(Cc3ccccc3)C2=O)c(C)c(C#N)c1=O. The molecular weight excluding hydrogens is 551 g/mol. The lowest BCUT2D eigenvalue weighted by molar-refractivity contribution is -0.122. The van der Waals surface area contributed by atoms with Crippen LogP contribution in [0.5, 0.6) is 0 Å². The molecule has 9 heteroatoms. The number of nitrogens with zero attached hydrogens (tertiary/aromatic N) is 5. The zero-order valence-electron chi connectivity index (χ0n) is 23.4. The Balaban J connectivity index is 1.50. The summed E-state index contributed by atoms with van der Waals surface area (Å²) in [5, 5.41) is 9.95. The van der Waals surface area contributed by atoms with Crippen molar-refractivity contribution in [2.75, 3.05) is 31.1 Å². The summed E-state index contributed by atoms with van der Waals surface area (Å²) in [6.45, 7) is 8.74. The van der Waals surface area contributed by atoms with Gasteiger partial charge in [-0.25, -0.2) is 0 Å². The van der Waals surface area contributed by atoms with E-state index in [1.54, 1.807) is 9.47 Å². The summed E-state index contributed by atoms with van der Waals surface area (Å²) in [5.74, 6) is 0.620. The van der Waals surface area contributed by atoms with Gasteiger partial charge in [-0.3, -0.25) is 24.0 Å². The lowest BCUT2D eigenvalue weighted by Crippen LogP contribution is -2.48. The average molecular weight is 584 g/mol. The van der Waals surface area contributed by atoms with Gasteiger partial charge in [0.05, 0.1) is 11.4 Å².